The second-order valence-electron chi connectivity index (χ2n) is 3.12. The van der Waals surface area contributed by atoms with E-state index in [0.717, 1.165) is 11.1 Å². The Morgan fingerprint density at radius 2 is 1.87 bits per heavy atom. The number of hydrogen-bond acceptors (Lipinski definition) is 3. The van der Waals surface area contributed by atoms with Crippen LogP contribution in [-0.4, -0.2) is 4.98 Å². The van der Waals surface area contributed by atoms with Gasteiger partial charge in [-0.15, -0.1) is 0 Å². The molecule has 0 aliphatic rings. The molecule has 0 spiro atoms. The molecule has 1 aromatic heterocycles. The first kappa shape index (κ1) is 9.22. The van der Waals surface area contributed by atoms with Crippen LogP contribution in [-0.2, 0) is 0 Å². The van der Waals surface area contributed by atoms with Crippen molar-refractivity contribution in [3.63, 3.8) is 0 Å². The van der Waals surface area contributed by atoms with E-state index in [1.54, 1.807) is 18.5 Å². The Morgan fingerprint density at radius 3 is 2.53 bits per heavy atom. The Bertz CT molecular complexity index is 512. The molecule has 0 atom stereocenters. The molecular formula is C12H9N3. The van der Waals surface area contributed by atoms with Gasteiger partial charge in [-0.1, -0.05) is 12.1 Å². The third-order valence-electron chi connectivity index (χ3n) is 2.20. The fraction of sp³-hybridized carbons (Fsp3) is 0. The summed E-state index contributed by atoms with van der Waals surface area (Å²) in [4.78, 5) is 3.93. The maximum absolute atomic E-state index is 9.01. The van der Waals surface area contributed by atoms with E-state index >= 15 is 0 Å². The molecule has 0 aliphatic carbocycles. The highest BCUT2D eigenvalue weighted by Crippen LogP contribution is 2.26. The zero-order valence-corrected chi connectivity index (χ0v) is 8.01. The summed E-state index contributed by atoms with van der Waals surface area (Å²) in [7, 11) is 0. The molecule has 3 nitrogen and oxygen atoms in total. The molecule has 72 valence electrons. The van der Waals surface area contributed by atoms with Crippen LogP contribution in [0.3, 0.4) is 0 Å². The van der Waals surface area contributed by atoms with Crippen LogP contribution < -0.4 is 5.73 Å². The zero-order chi connectivity index (χ0) is 10.7. The molecule has 15 heavy (non-hydrogen) atoms. The molecule has 1 heterocycles. The Morgan fingerprint density at radius 1 is 1.13 bits per heavy atom. The van der Waals surface area contributed by atoms with Gasteiger partial charge in [-0.3, -0.25) is 4.98 Å². The lowest BCUT2D eigenvalue weighted by Gasteiger charge is -2.05. The van der Waals surface area contributed by atoms with Crippen LogP contribution in [0.25, 0.3) is 11.1 Å². The van der Waals surface area contributed by atoms with Crippen molar-refractivity contribution in [3.8, 4) is 17.2 Å². The average molecular weight is 195 g/mol. The number of aromatic nitrogens is 1. The van der Waals surface area contributed by atoms with Gasteiger partial charge in [0.1, 0.15) is 6.07 Å². The van der Waals surface area contributed by atoms with Crippen LogP contribution in [0.1, 0.15) is 5.56 Å². The Labute approximate surface area is 87.8 Å². The third-order valence-corrected chi connectivity index (χ3v) is 2.20. The van der Waals surface area contributed by atoms with E-state index in [4.69, 9.17) is 11.0 Å². The van der Waals surface area contributed by atoms with Gasteiger partial charge in [0.2, 0.25) is 0 Å². The summed E-state index contributed by atoms with van der Waals surface area (Å²) in [6.45, 7) is 0. The van der Waals surface area contributed by atoms with Crippen molar-refractivity contribution in [3.05, 3.63) is 48.3 Å². The highest BCUT2D eigenvalue weighted by Gasteiger charge is 2.06. The molecule has 0 bridgehead atoms. The number of pyridine rings is 1. The van der Waals surface area contributed by atoms with Crippen LogP contribution in [0, 0.1) is 11.3 Å². The SMILES string of the molecule is N#Cc1c(N)cccc1-c1ccncc1. The van der Waals surface area contributed by atoms with Crippen molar-refractivity contribution in [2.24, 2.45) is 0 Å². The molecule has 1 aromatic carbocycles. The summed E-state index contributed by atoms with van der Waals surface area (Å²) in [5, 5.41) is 9.01. The Kier molecular flexibility index (Phi) is 2.34. The van der Waals surface area contributed by atoms with E-state index in [9.17, 15) is 0 Å². The fourth-order valence-electron chi connectivity index (χ4n) is 1.47. The van der Waals surface area contributed by atoms with Gasteiger partial charge in [0.15, 0.2) is 0 Å². The van der Waals surface area contributed by atoms with Gasteiger partial charge in [0, 0.05) is 18.0 Å². The lowest BCUT2D eigenvalue weighted by Crippen LogP contribution is -1.92. The number of nitriles is 1. The predicted molar refractivity (Wildman–Crippen MR) is 58.8 cm³/mol. The van der Waals surface area contributed by atoms with Gasteiger partial charge >= 0.3 is 0 Å². The summed E-state index contributed by atoms with van der Waals surface area (Å²) < 4.78 is 0. The van der Waals surface area contributed by atoms with Crippen molar-refractivity contribution in [1.82, 2.24) is 4.98 Å². The average Bonchev–Trinajstić information content (AvgIpc) is 2.30. The minimum Gasteiger partial charge on any atom is -0.398 e. The summed E-state index contributed by atoms with van der Waals surface area (Å²) in [6, 6.07) is 11.3. The summed E-state index contributed by atoms with van der Waals surface area (Å²) >= 11 is 0. The van der Waals surface area contributed by atoms with E-state index in [1.807, 2.05) is 24.3 Å². The fourth-order valence-corrected chi connectivity index (χ4v) is 1.47. The van der Waals surface area contributed by atoms with Crippen molar-refractivity contribution in [2.75, 3.05) is 5.73 Å². The molecule has 2 N–H and O–H groups in total. The number of hydrogen-bond donors (Lipinski definition) is 1. The molecule has 0 aliphatic heterocycles. The van der Waals surface area contributed by atoms with E-state index in [2.05, 4.69) is 11.1 Å². The standard InChI is InChI=1S/C12H9N3/c13-8-11-10(2-1-3-12(11)14)9-4-6-15-7-5-9/h1-7H,14H2. The van der Waals surface area contributed by atoms with Gasteiger partial charge in [-0.2, -0.15) is 5.26 Å². The lowest BCUT2D eigenvalue weighted by molar-refractivity contribution is 1.33. The van der Waals surface area contributed by atoms with Crippen LogP contribution in [0.15, 0.2) is 42.7 Å². The Hall–Kier alpha value is -2.34. The molecule has 3 heteroatoms. The maximum Gasteiger partial charge on any atom is 0.102 e. The van der Waals surface area contributed by atoms with Crippen molar-refractivity contribution < 1.29 is 0 Å². The molecule has 0 amide bonds. The number of nitrogens with two attached hydrogens (primary N) is 1. The van der Waals surface area contributed by atoms with Crippen LogP contribution in [0.2, 0.25) is 0 Å². The first-order chi connectivity index (χ1) is 7.33. The number of rotatable bonds is 1. The van der Waals surface area contributed by atoms with Crippen LogP contribution >= 0.6 is 0 Å². The largest absolute Gasteiger partial charge is 0.398 e. The van der Waals surface area contributed by atoms with E-state index in [0.29, 0.717) is 11.3 Å². The van der Waals surface area contributed by atoms with E-state index in [1.165, 1.54) is 0 Å². The third kappa shape index (κ3) is 1.65. The molecule has 2 aromatic rings. The number of benzene rings is 1. The highest BCUT2D eigenvalue weighted by molar-refractivity contribution is 5.76. The number of nitrogens with zero attached hydrogens (tertiary/aromatic N) is 2. The van der Waals surface area contributed by atoms with Crippen molar-refractivity contribution in [2.45, 2.75) is 0 Å². The van der Waals surface area contributed by atoms with Gasteiger partial charge < -0.3 is 5.73 Å². The maximum atomic E-state index is 9.01. The molecule has 0 unspecified atom stereocenters. The summed E-state index contributed by atoms with van der Waals surface area (Å²) in [5.41, 5.74) is 8.55. The van der Waals surface area contributed by atoms with Gasteiger partial charge in [0.05, 0.1) is 11.3 Å². The smallest absolute Gasteiger partial charge is 0.102 e. The van der Waals surface area contributed by atoms with Crippen molar-refractivity contribution in [1.29, 1.82) is 5.26 Å². The number of nitrogen functional groups attached to an aromatic ring is 1. The topological polar surface area (TPSA) is 62.7 Å². The molecule has 2 rings (SSSR count). The van der Waals surface area contributed by atoms with Crippen LogP contribution in [0.5, 0.6) is 0 Å². The molecular weight excluding hydrogens is 186 g/mol. The second kappa shape index (κ2) is 3.81. The minimum absolute atomic E-state index is 0.506. The monoisotopic (exact) mass is 195 g/mol. The molecule has 0 saturated heterocycles. The summed E-state index contributed by atoms with van der Waals surface area (Å²) in [6.07, 6.45) is 3.39. The van der Waals surface area contributed by atoms with E-state index < -0.39 is 0 Å². The normalized spacial score (nSPS) is 9.53. The quantitative estimate of drug-likeness (QED) is 0.709. The van der Waals surface area contributed by atoms with Gasteiger partial charge in [-0.25, -0.2) is 0 Å². The Balaban J connectivity index is 2.65. The lowest BCUT2D eigenvalue weighted by atomic mass is 10.0. The summed E-state index contributed by atoms with van der Waals surface area (Å²) in [5.74, 6) is 0. The minimum atomic E-state index is 0.506. The number of anilines is 1. The van der Waals surface area contributed by atoms with E-state index in [-0.39, 0.29) is 0 Å². The van der Waals surface area contributed by atoms with Gasteiger partial charge in [-0.05, 0) is 23.8 Å². The molecule has 0 saturated carbocycles. The first-order valence-corrected chi connectivity index (χ1v) is 4.52. The van der Waals surface area contributed by atoms with Gasteiger partial charge in [0.25, 0.3) is 0 Å². The second-order valence-corrected chi connectivity index (χ2v) is 3.12. The zero-order valence-electron chi connectivity index (χ0n) is 8.01. The van der Waals surface area contributed by atoms with Crippen molar-refractivity contribution >= 4 is 5.69 Å². The molecule has 0 radical (unpaired) electrons. The highest BCUT2D eigenvalue weighted by atomic mass is 14.6. The first-order valence-electron chi connectivity index (χ1n) is 4.52. The molecule has 0 fully saturated rings. The predicted octanol–water partition coefficient (Wildman–Crippen LogP) is 2.20. The van der Waals surface area contributed by atoms with Crippen LogP contribution in [0.4, 0.5) is 5.69 Å².